The third-order valence-electron chi connectivity index (χ3n) is 2.95. The van der Waals surface area contributed by atoms with Crippen LogP contribution < -0.4 is 16.0 Å². The first kappa shape index (κ1) is 14.4. The maximum absolute atomic E-state index is 13.9. The van der Waals surface area contributed by atoms with Gasteiger partial charge in [-0.05, 0) is 6.07 Å². The zero-order valence-electron chi connectivity index (χ0n) is 10.7. The fraction of sp³-hybridized carbons (Fsp3) is 0.143. The average Bonchev–Trinajstić information content (AvgIpc) is 2.42. The number of para-hydroxylation sites is 1. The van der Waals surface area contributed by atoms with E-state index in [0.29, 0.717) is 23.4 Å². The van der Waals surface area contributed by atoms with Crippen molar-refractivity contribution in [2.75, 3.05) is 7.11 Å². The molecular formula is C14H13F3N2O. The molecule has 3 N–H and O–H groups in total. The molecule has 1 atom stereocenters. The van der Waals surface area contributed by atoms with Gasteiger partial charge in [-0.15, -0.1) is 0 Å². The average molecular weight is 282 g/mol. The van der Waals surface area contributed by atoms with Crippen LogP contribution in [0.5, 0.6) is 5.75 Å². The minimum absolute atomic E-state index is 0.363. The van der Waals surface area contributed by atoms with Crippen molar-refractivity contribution in [1.29, 1.82) is 0 Å². The van der Waals surface area contributed by atoms with E-state index in [1.165, 1.54) is 7.11 Å². The van der Waals surface area contributed by atoms with Gasteiger partial charge in [0.1, 0.15) is 23.2 Å². The van der Waals surface area contributed by atoms with Crippen LogP contribution in [0.2, 0.25) is 0 Å². The summed E-state index contributed by atoms with van der Waals surface area (Å²) in [7, 11) is 1.43. The first-order valence-corrected chi connectivity index (χ1v) is 5.82. The molecule has 6 heteroatoms. The third-order valence-corrected chi connectivity index (χ3v) is 2.95. The highest BCUT2D eigenvalue weighted by molar-refractivity contribution is 5.42. The van der Waals surface area contributed by atoms with Gasteiger partial charge in [0.05, 0.1) is 13.2 Å². The van der Waals surface area contributed by atoms with Gasteiger partial charge in [-0.1, -0.05) is 18.2 Å². The smallest absolute Gasteiger partial charge is 0.134 e. The summed E-state index contributed by atoms with van der Waals surface area (Å²) in [6.45, 7) is 0. The SMILES string of the molecule is COc1ccccc1C(NN)c1c(F)cc(F)cc1F. The predicted molar refractivity (Wildman–Crippen MR) is 68.5 cm³/mol. The van der Waals surface area contributed by atoms with Crippen LogP contribution in [0, 0.1) is 17.5 Å². The number of hydrogen-bond acceptors (Lipinski definition) is 3. The molecule has 106 valence electrons. The number of hydrogen-bond donors (Lipinski definition) is 2. The fourth-order valence-electron chi connectivity index (χ4n) is 2.06. The number of nitrogens with two attached hydrogens (primary N) is 1. The van der Waals surface area contributed by atoms with Gasteiger partial charge in [-0.3, -0.25) is 5.84 Å². The summed E-state index contributed by atoms with van der Waals surface area (Å²) >= 11 is 0. The van der Waals surface area contributed by atoms with Crippen molar-refractivity contribution in [2.24, 2.45) is 5.84 Å². The number of hydrazine groups is 1. The molecule has 0 saturated carbocycles. The minimum Gasteiger partial charge on any atom is -0.496 e. The van der Waals surface area contributed by atoms with E-state index in [-0.39, 0.29) is 5.56 Å². The highest BCUT2D eigenvalue weighted by Gasteiger charge is 2.24. The van der Waals surface area contributed by atoms with Crippen molar-refractivity contribution < 1.29 is 17.9 Å². The van der Waals surface area contributed by atoms with Gasteiger partial charge in [0.25, 0.3) is 0 Å². The highest BCUT2D eigenvalue weighted by Crippen LogP contribution is 2.32. The summed E-state index contributed by atoms with van der Waals surface area (Å²) in [4.78, 5) is 0. The van der Waals surface area contributed by atoms with Crippen molar-refractivity contribution in [1.82, 2.24) is 5.43 Å². The quantitative estimate of drug-likeness (QED) is 0.669. The molecule has 0 aliphatic heterocycles. The molecular weight excluding hydrogens is 269 g/mol. The summed E-state index contributed by atoms with van der Waals surface area (Å²) in [5.41, 5.74) is 2.41. The Morgan fingerprint density at radius 2 is 1.70 bits per heavy atom. The lowest BCUT2D eigenvalue weighted by Gasteiger charge is -2.20. The van der Waals surface area contributed by atoms with E-state index in [2.05, 4.69) is 5.43 Å². The van der Waals surface area contributed by atoms with E-state index in [9.17, 15) is 13.2 Å². The number of nitrogens with one attached hydrogen (secondary N) is 1. The van der Waals surface area contributed by atoms with Gasteiger partial charge in [-0.2, -0.15) is 0 Å². The normalized spacial score (nSPS) is 12.2. The van der Waals surface area contributed by atoms with Gasteiger partial charge in [0.2, 0.25) is 0 Å². The first-order chi connectivity index (χ1) is 9.58. The Morgan fingerprint density at radius 3 is 2.25 bits per heavy atom. The van der Waals surface area contributed by atoms with Crippen LogP contribution >= 0.6 is 0 Å². The van der Waals surface area contributed by atoms with Crippen LogP contribution in [0.25, 0.3) is 0 Å². The monoisotopic (exact) mass is 282 g/mol. The molecule has 0 aromatic heterocycles. The molecule has 0 radical (unpaired) electrons. The third kappa shape index (κ3) is 2.61. The summed E-state index contributed by atoms with van der Waals surface area (Å²) in [6.07, 6.45) is 0. The topological polar surface area (TPSA) is 47.3 Å². The van der Waals surface area contributed by atoms with Gasteiger partial charge in [-0.25, -0.2) is 18.6 Å². The van der Waals surface area contributed by atoms with E-state index in [1.807, 2.05) is 0 Å². The van der Waals surface area contributed by atoms with E-state index in [1.54, 1.807) is 24.3 Å². The zero-order valence-corrected chi connectivity index (χ0v) is 10.7. The second-order valence-corrected chi connectivity index (χ2v) is 4.12. The van der Waals surface area contributed by atoms with Crippen molar-refractivity contribution in [2.45, 2.75) is 6.04 Å². The molecule has 0 aliphatic carbocycles. The molecule has 0 aliphatic rings. The largest absolute Gasteiger partial charge is 0.496 e. The Bertz CT molecular complexity index is 596. The molecule has 2 rings (SSSR count). The van der Waals surface area contributed by atoms with Crippen molar-refractivity contribution >= 4 is 0 Å². The number of halogens is 3. The van der Waals surface area contributed by atoms with E-state index >= 15 is 0 Å². The zero-order chi connectivity index (χ0) is 14.7. The Balaban J connectivity index is 2.59. The van der Waals surface area contributed by atoms with Crippen LogP contribution in [-0.2, 0) is 0 Å². The molecule has 1 unspecified atom stereocenters. The van der Waals surface area contributed by atoms with E-state index in [4.69, 9.17) is 10.6 Å². The standard InChI is InChI=1S/C14H13F3N2O/c1-20-12-5-3-2-4-9(12)14(19-18)13-10(16)6-8(15)7-11(13)17/h2-7,14,19H,18H2,1H3. The lowest BCUT2D eigenvalue weighted by Crippen LogP contribution is -2.30. The molecule has 0 bridgehead atoms. The van der Waals surface area contributed by atoms with Gasteiger partial charge in [0, 0.05) is 23.3 Å². The summed E-state index contributed by atoms with van der Waals surface area (Å²) in [5.74, 6) is 2.80. The molecule has 0 amide bonds. The number of methoxy groups -OCH3 is 1. The van der Waals surface area contributed by atoms with Gasteiger partial charge < -0.3 is 4.74 Å². The molecule has 0 spiro atoms. The van der Waals surface area contributed by atoms with Crippen LogP contribution in [0.3, 0.4) is 0 Å². The molecule has 0 heterocycles. The minimum atomic E-state index is -1.02. The van der Waals surface area contributed by atoms with Crippen LogP contribution in [-0.4, -0.2) is 7.11 Å². The maximum Gasteiger partial charge on any atom is 0.134 e. The maximum atomic E-state index is 13.9. The lowest BCUT2D eigenvalue weighted by atomic mass is 9.97. The second kappa shape index (κ2) is 5.94. The van der Waals surface area contributed by atoms with Crippen LogP contribution in [0.15, 0.2) is 36.4 Å². The van der Waals surface area contributed by atoms with Crippen LogP contribution in [0.1, 0.15) is 17.2 Å². The molecule has 0 fully saturated rings. The lowest BCUT2D eigenvalue weighted by molar-refractivity contribution is 0.401. The summed E-state index contributed by atoms with van der Waals surface area (Å²) in [5, 5.41) is 0. The van der Waals surface area contributed by atoms with Crippen molar-refractivity contribution in [3.05, 3.63) is 65.0 Å². The first-order valence-electron chi connectivity index (χ1n) is 5.82. The van der Waals surface area contributed by atoms with Crippen LogP contribution in [0.4, 0.5) is 13.2 Å². The Hall–Kier alpha value is -2.05. The molecule has 0 saturated heterocycles. The Morgan fingerprint density at radius 1 is 1.10 bits per heavy atom. The molecule has 2 aromatic carbocycles. The predicted octanol–water partition coefficient (Wildman–Crippen LogP) is 2.67. The number of benzene rings is 2. The summed E-state index contributed by atoms with van der Waals surface area (Å²) < 4.78 is 45.8. The molecule has 2 aromatic rings. The molecule has 3 nitrogen and oxygen atoms in total. The van der Waals surface area contributed by atoms with Crippen molar-refractivity contribution in [3.8, 4) is 5.75 Å². The fourth-order valence-corrected chi connectivity index (χ4v) is 2.06. The summed E-state index contributed by atoms with van der Waals surface area (Å²) in [6, 6.07) is 6.88. The second-order valence-electron chi connectivity index (χ2n) is 4.12. The van der Waals surface area contributed by atoms with Crippen molar-refractivity contribution in [3.63, 3.8) is 0 Å². The number of ether oxygens (including phenoxy) is 1. The van der Waals surface area contributed by atoms with E-state index < -0.39 is 23.5 Å². The number of rotatable bonds is 4. The molecule has 20 heavy (non-hydrogen) atoms. The van der Waals surface area contributed by atoms with Gasteiger partial charge in [0.15, 0.2) is 0 Å². The van der Waals surface area contributed by atoms with E-state index in [0.717, 1.165) is 0 Å². The Labute approximate surface area is 114 Å². The van der Waals surface area contributed by atoms with Gasteiger partial charge >= 0.3 is 0 Å². The Kier molecular flexibility index (Phi) is 4.26. The highest BCUT2D eigenvalue weighted by atomic mass is 19.1.